The number of rotatable bonds is 7. The number of sulfone groups is 1. The number of hydrogen-bond acceptors (Lipinski definition) is 7. The van der Waals surface area contributed by atoms with E-state index in [1.807, 2.05) is 45.0 Å². The second-order valence-electron chi connectivity index (χ2n) is 12.3. The number of ether oxygens (including phenoxy) is 3. The summed E-state index contributed by atoms with van der Waals surface area (Å²) < 4.78 is 42.6. The number of pyridine rings is 1. The lowest BCUT2D eigenvalue weighted by Crippen LogP contribution is -2.52. The molecule has 0 N–H and O–H groups in total. The molecule has 1 spiro atoms. The van der Waals surface area contributed by atoms with Gasteiger partial charge in [-0.2, -0.15) is 0 Å². The van der Waals surface area contributed by atoms with Gasteiger partial charge in [-0.1, -0.05) is 36.4 Å². The second-order valence-corrected chi connectivity index (χ2v) is 14.5. The summed E-state index contributed by atoms with van der Waals surface area (Å²) in [4.78, 5) is 18.5. The normalized spacial score (nSPS) is 16.4. The van der Waals surface area contributed by atoms with Gasteiger partial charge in [-0.25, -0.2) is 18.2 Å². The maximum atomic E-state index is 12.7. The second kappa shape index (κ2) is 12.0. The molecule has 1 saturated heterocycles. The molecular weight excluding hydrogens is 552 g/mol. The lowest BCUT2D eigenvalue weighted by Gasteiger charge is -2.44. The zero-order valence-electron chi connectivity index (χ0n) is 24.9. The number of benzene rings is 2. The number of methoxy groups -OCH3 is 1. The van der Waals surface area contributed by atoms with Crippen molar-refractivity contribution in [1.82, 2.24) is 9.88 Å². The van der Waals surface area contributed by atoms with Crippen LogP contribution in [0.3, 0.4) is 0 Å². The number of carbonyl (C=O) groups is 1. The lowest BCUT2D eigenvalue weighted by molar-refractivity contribution is -0.0272. The molecule has 42 heavy (non-hydrogen) atoms. The van der Waals surface area contributed by atoms with Gasteiger partial charge in [0.25, 0.3) is 0 Å². The number of fused-ring (bicyclic) bond motifs is 1. The molecule has 0 atom stereocenters. The molecule has 0 radical (unpaired) electrons. The first kappa shape index (κ1) is 29.9. The van der Waals surface area contributed by atoms with Crippen molar-refractivity contribution in [2.75, 3.05) is 26.0 Å². The molecule has 2 aromatic carbocycles. The Morgan fingerprint density at radius 3 is 2.40 bits per heavy atom. The van der Waals surface area contributed by atoms with Crippen LogP contribution in [0.1, 0.15) is 56.9 Å². The van der Waals surface area contributed by atoms with Gasteiger partial charge in [-0.15, -0.1) is 0 Å². The van der Waals surface area contributed by atoms with E-state index in [9.17, 15) is 13.2 Å². The zero-order valence-corrected chi connectivity index (χ0v) is 25.7. The van der Waals surface area contributed by atoms with Gasteiger partial charge in [0.05, 0.1) is 24.3 Å². The van der Waals surface area contributed by atoms with Crippen LogP contribution in [-0.4, -0.2) is 61.5 Å². The summed E-state index contributed by atoms with van der Waals surface area (Å²) in [7, 11) is -1.80. The summed E-state index contributed by atoms with van der Waals surface area (Å²) in [6.45, 7) is 6.92. The molecule has 5 rings (SSSR count). The molecule has 0 unspecified atom stereocenters. The Bertz CT molecular complexity index is 1520. The number of amides is 1. The smallest absolute Gasteiger partial charge is 0.410 e. The van der Waals surface area contributed by atoms with Crippen LogP contribution in [0, 0.1) is 0 Å². The molecule has 3 aromatic rings. The predicted molar refractivity (Wildman–Crippen MR) is 163 cm³/mol. The fourth-order valence-electron chi connectivity index (χ4n) is 5.56. The highest BCUT2D eigenvalue weighted by molar-refractivity contribution is 7.90. The van der Waals surface area contributed by atoms with Crippen molar-refractivity contribution in [3.05, 3.63) is 77.5 Å². The van der Waals surface area contributed by atoms with Gasteiger partial charge in [0.15, 0.2) is 9.84 Å². The number of carbonyl (C=O) groups excluding carboxylic acids is 1. The van der Waals surface area contributed by atoms with Gasteiger partial charge in [0.1, 0.15) is 17.0 Å². The molecule has 224 valence electrons. The number of nitrogens with zero attached hydrogens (tertiary/aromatic N) is 2. The van der Waals surface area contributed by atoms with Crippen LogP contribution < -0.4 is 9.47 Å². The average molecular weight is 593 g/mol. The van der Waals surface area contributed by atoms with E-state index in [1.54, 1.807) is 23.1 Å². The predicted octanol–water partition coefficient (Wildman–Crippen LogP) is 6.01. The largest absolute Gasteiger partial charge is 0.487 e. The number of hydrogen-bond donors (Lipinski definition) is 0. The summed E-state index contributed by atoms with van der Waals surface area (Å²) in [6.07, 6.45) is 3.62. The monoisotopic (exact) mass is 592 g/mol. The fraction of sp³-hybridized carbons (Fsp3) is 0.455. The Hall–Kier alpha value is -3.59. The highest BCUT2D eigenvalue weighted by Gasteiger charge is 2.41. The Labute approximate surface area is 248 Å². The summed E-state index contributed by atoms with van der Waals surface area (Å²) in [5.74, 6) is 1.27. The maximum Gasteiger partial charge on any atom is 0.410 e. The molecular formula is C33H40N2O6S. The number of likely N-dealkylation sites (tertiary alicyclic amines) is 1. The topological polar surface area (TPSA) is 95.0 Å². The summed E-state index contributed by atoms with van der Waals surface area (Å²) >= 11 is 0. The molecule has 1 amide bonds. The molecule has 1 fully saturated rings. The first-order valence-corrected chi connectivity index (χ1v) is 16.3. The first-order chi connectivity index (χ1) is 19.9. The Balaban J connectivity index is 1.16. The third kappa shape index (κ3) is 7.43. The summed E-state index contributed by atoms with van der Waals surface area (Å²) in [6, 6.07) is 19.6. The van der Waals surface area contributed by atoms with Crippen LogP contribution in [0.25, 0.3) is 11.1 Å². The van der Waals surface area contributed by atoms with E-state index < -0.39 is 15.4 Å². The Kier molecular flexibility index (Phi) is 8.51. The molecule has 1 aromatic heterocycles. The van der Waals surface area contributed by atoms with Crippen molar-refractivity contribution in [2.24, 2.45) is 0 Å². The SMILES string of the molecule is COc1cccc(CS(=O)(=O)CCc2ccc(-c3ccc4c(c3)CCC3(CCN(C(=O)OC(C)(C)C)CC3)O4)cc2)n1. The van der Waals surface area contributed by atoms with E-state index in [2.05, 4.69) is 23.2 Å². The van der Waals surface area contributed by atoms with E-state index in [-0.39, 0.29) is 23.2 Å². The maximum absolute atomic E-state index is 12.7. The highest BCUT2D eigenvalue weighted by Crippen LogP contribution is 2.41. The van der Waals surface area contributed by atoms with Gasteiger partial charge in [-0.3, -0.25) is 0 Å². The molecule has 0 bridgehead atoms. The molecule has 0 saturated carbocycles. The molecule has 0 aliphatic carbocycles. The van der Waals surface area contributed by atoms with Crippen molar-refractivity contribution in [3.63, 3.8) is 0 Å². The summed E-state index contributed by atoms with van der Waals surface area (Å²) in [5.41, 5.74) is 4.10. The van der Waals surface area contributed by atoms with E-state index >= 15 is 0 Å². The zero-order chi connectivity index (χ0) is 30.0. The van der Waals surface area contributed by atoms with Gasteiger partial charge in [0.2, 0.25) is 5.88 Å². The van der Waals surface area contributed by atoms with Crippen molar-refractivity contribution in [1.29, 1.82) is 0 Å². The van der Waals surface area contributed by atoms with Crippen molar-refractivity contribution < 1.29 is 27.4 Å². The van der Waals surface area contributed by atoms with Crippen LogP contribution in [0.15, 0.2) is 60.7 Å². The van der Waals surface area contributed by atoms with Crippen LogP contribution in [0.4, 0.5) is 4.79 Å². The fourth-order valence-corrected chi connectivity index (χ4v) is 6.86. The molecule has 2 aliphatic rings. The van der Waals surface area contributed by atoms with Gasteiger partial charge in [0, 0.05) is 32.0 Å². The van der Waals surface area contributed by atoms with Crippen LogP contribution in [0.5, 0.6) is 11.6 Å². The van der Waals surface area contributed by atoms with Gasteiger partial charge in [-0.05, 0) is 80.5 Å². The Morgan fingerprint density at radius 1 is 1.00 bits per heavy atom. The molecule has 8 nitrogen and oxygen atoms in total. The van der Waals surface area contributed by atoms with E-state index in [4.69, 9.17) is 14.2 Å². The molecule has 2 aliphatic heterocycles. The van der Waals surface area contributed by atoms with Crippen molar-refractivity contribution in [2.45, 2.75) is 69.8 Å². The standard InChI is InChI=1S/C33H40N2O6S/c1-32(2,3)41-31(36)35-19-17-33(18-20-35)16-14-27-22-26(12-13-29(27)40-33)25-10-8-24(9-11-25)15-21-42(37,38)23-28-6-5-7-30(34-28)39-4/h5-13,22H,14-21,23H2,1-4H3. The Morgan fingerprint density at radius 2 is 1.71 bits per heavy atom. The number of aromatic nitrogens is 1. The molecule has 3 heterocycles. The van der Waals surface area contributed by atoms with E-state index in [0.29, 0.717) is 31.1 Å². The minimum absolute atomic E-state index is 0.0543. The highest BCUT2D eigenvalue weighted by atomic mass is 32.2. The quantitative estimate of drug-likeness (QED) is 0.332. The minimum atomic E-state index is -3.31. The third-order valence-electron chi connectivity index (χ3n) is 7.91. The number of piperidine rings is 1. The third-order valence-corrected chi connectivity index (χ3v) is 9.47. The average Bonchev–Trinajstić information content (AvgIpc) is 2.95. The van der Waals surface area contributed by atoms with Gasteiger partial charge >= 0.3 is 6.09 Å². The van der Waals surface area contributed by atoms with Crippen molar-refractivity contribution >= 4 is 15.9 Å². The van der Waals surface area contributed by atoms with Gasteiger partial charge < -0.3 is 19.1 Å². The van der Waals surface area contributed by atoms with E-state index in [1.165, 1.54) is 12.7 Å². The van der Waals surface area contributed by atoms with Crippen molar-refractivity contribution in [3.8, 4) is 22.8 Å². The minimum Gasteiger partial charge on any atom is -0.487 e. The van der Waals surface area contributed by atoms with Crippen LogP contribution >= 0.6 is 0 Å². The first-order valence-electron chi connectivity index (χ1n) is 14.5. The lowest BCUT2D eigenvalue weighted by atomic mass is 9.82. The summed E-state index contributed by atoms with van der Waals surface area (Å²) in [5, 5.41) is 0. The van der Waals surface area contributed by atoms with Crippen LogP contribution in [0.2, 0.25) is 0 Å². The number of aryl methyl sites for hydroxylation is 2. The van der Waals surface area contributed by atoms with Crippen LogP contribution in [-0.2, 0) is 33.2 Å². The van der Waals surface area contributed by atoms with E-state index in [0.717, 1.165) is 48.1 Å². The molecule has 9 heteroatoms.